The van der Waals surface area contributed by atoms with Gasteiger partial charge in [-0.25, -0.2) is 0 Å². The van der Waals surface area contributed by atoms with Crippen molar-refractivity contribution in [1.82, 2.24) is 10.2 Å². The van der Waals surface area contributed by atoms with Gasteiger partial charge in [0.2, 0.25) is 0 Å². The van der Waals surface area contributed by atoms with E-state index in [0.29, 0.717) is 18.2 Å². The zero-order chi connectivity index (χ0) is 13.5. The first-order valence-corrected chi connectivity index (χ1v) is 7.46. The van der Waals surface area contributed by atoms with Gasteiger partial charge >= 0.3 is 0 Å². The Hall–Kier alpha value is -0.120. The molecule has 1 rings (SSSR count). The standard InChI is InChI=1S/C15H32N2O/c1-12(2)10-13(11-17(3)4)16-14-8-6-7-9-15(14)18-5/h12-16H,6-11H2,1-5H3. The van der Waals surface area contributed by atoms with Crippen molar-refractivity contribution in [1.29, 1.82) is 0 Å². The maximum Gasteiger partial charge on any atom is 0.0724 e. The topological polar surface area (TPSA) is 24.5 Å². The molecular formula is C15H32N2O. The van der Waals surface area contributed by atoms with E-state index < -0.39 is 0 Å². The first-order chi connectivity index (χ1) is 8.52. The van der Waals surface area contributed by atoms with Gasteiger partial charge < -0.3 is 15.0 Å². The molecule has 1 N–H and O–H groups in total. The highest BCUT2D eigenvalue weighted by Crippen LogP contribution is 2.22. The van der Waals surface area contributed by atoms with Crippen LogP contribution in [0.2, 0.25) is 0 Å². The van der Waals surface area contributed by atoms with Crippen LogP contribution in [-0.4, -0.2) is 50.8 Å². The van der Waals surface area contributed by atoms with E-state index >= 15 is 0 Å². The Morgan fingerprint density at radius 1 is 1.22 bits per heavy atom. The molecule has 0 aromatic heterocycles. The number of ether oxygens (including phenoxy) is 1. The zero-order valence-electron chi connectivity index (χ0n) is 12.9. The lowest BCUT2D eigenvalue weighted by Gasteiger charge is -2.35. The molecule has 18 heavy (non-hydrogen) atoms. The fourth-order valence-corrected chi connectivity index (χ4v) is 3.08. The highest BCUT2D eigenvalue weighted by Gasteiger charge is 2.27. The van der Waals surface area contributed by atoms with E-state index in [1.54, 1.807) is 0 Å². The third-order valence-electron chi connectivity index (χ3n) is 3.80. The number of nitrogens with zero attached hydrogens (tertiary/aromatic N) is 1. The average Bonchev–Trinajstić information content (AvgIpc) is 2.27. The summed E-state index contributed by atoms with van der Waals surface area (Å²) in [5, 5.41) is 3.85. The van der Waals surface area contributed by atoms with Gasteiger partial charge in [0, 0.05) is 25.7 Å². The van der Waals surface area contributed by atoms with Crippen molar-refractivity contribution in [3.8, 4) is 0 Å². The third-order valence-corrected chi connectivity index (χ3v) is 3.80. The molecule has 0 bridgehead atoms. The van der Waals surface area contributed by atoms with Gasteiger partial charge in [-0.15, -0.1) is 0 Å². The summed E-state index contributed by atoms with van der Waals surface area (Å²) in [6.07, 6.45) is 6.79. The van der Waals surface area contributed by atoms with Gasteiger partial charge in [-0.3, -0.25) is 0 Å². The molecule has 0 aliphatic heterocycles. The largest absolute Gasteiger partial charge is 0.380 e. The van der Waals surface area contributed by atoms with Crippen molar-refractivity contribution in [2.24, 2.45) is 5.92 Å². The van der Waals surface area contributed by atoms with Gasteiger partial charge in [0.1, 0.15) is 0 Å². The van der Waals surface area contributed by atoms with Crippen molar-refractivity contribution in [2.45, 2.75) is 64.1 Å². The molecule has 1 saturated carbocycles. The molecule has 3 unspecified atom stereocenters. The van der Waals surface area contributed by atoms with E-state index in [4.69, 9.17) is 4.74 Å². The van der Waals surface area contributed by atoms with Gasteiger partial charge in [-0.05, 0) is 39.3 Å². The van der Waals surface area contributed by atoms with Crippen LogP contribution in [0.15, 0.2) is 0 Å². The first-order valence-electron chi connectivity index (χ1n) is 7.46. The Bertz CT molecular complexity index is 209. The van der Waals surface area contributed by atoms with E-state index in [9.17, 15) is 0 Å². The van der Waals surface area contributed by atoms with Gasteiger partial charge in [-0.1, -0.05) is 26.7 Å². The number of hydrogen-bond donors (Lipinski definition) is 1. The maximum absolute atomic E-state index is 5.64. The molecule has 1 aliphatic rings. The lowest BCUT2D eigenvalue weighted by Crippen LogP contribution is -2.51. The Kier molecular flexibility index (Phi) is 7.20. The SMILES string of the molecule is COC1CCCCC1NC(CC(C)C)CN(C)C. The third kappa shape index (κ3) is 5.68. The molecule has 0 aromatic carbocycles. The van der Waals surface area contributed by atoms with Crippen molar-refractivity contribution in [3.05, 3.63) is 0 Å². The summed E-state index contributed by atoms with van der Waals surface area (Å²) in [7, 11) is 6.17. The molecule has 0 aromatic rings. The first kappa shape index (κ1) is 15.9. The Morgan fingerprint density at radius 2 is 1.89 bits per heavy atom. The Morgan fingerprint density at radius 3 is 2.44 bits per heavy atom. The van der Waals surface area contributed by atoms with Crippen LogP contribution < -0.4 is 5.32 Å². The van der Waals surface area contributed by atoms with Crippen LogP contribution in [0, 0.1) is 5.92 Å². The summed E-state index contributed by atoms with van der Waals surface area (Å²) in [5.41, 5.74) is 0. The Balaban J connectivity index is 2.51. The smallest absolute Gasteiger partial charge is 0.0724 e. The van der Waals surface area contributed by atoms with Crippen LogP contribution in [0.5, 0.6) is 0 Å². The van der Waals surface area contributed by atoms with Crippen molar-refractivity contribution < 1.29 is 4.74 Å². The molecule has 3 heteroatoms. The molecule has 1 fully saturated rings. The molecule has 0 amide bonds. The second-order valence-electron chi connectivity index (χ2n) is 6.42. The molecule has 0 heterocycles. The molecular weight excluding hydrogens is 224 g/mol. The van der Waals surface area contributed by atoms with Crippen molar-refractivity contribution in [3.63, 3.8) is 0 Å². The van der Waals surface area contributed by atoms with Crippen LogP contribution in [0.1, 0.15) is 46.0 Å². The second-order valence-corrected chi connectivity index (χ2v) is 6.42. The minimum absolute atomic E-state index is 0.413. The fourth-order valence-electron chi connectivity index (χ4n) is 3.08. The van der Waals surface area contributed by atoms with E-state index in [0.717, 1.165) is 12.5 Å². The van der Waals surface area contributed by atoms with Crippen molar-refractivity contribution in [2.75, 3.05) is 27.7 Å². The summed E-state index contributed by atoms with van der Waals surface area (Å²) in [6.45, 7) is 5.73. The second kappa shape index (κ2) is 8.13. The van der Waals surface area contributed by atoms with Gasteiger partial charge in [0.25, 0.3) is 0 Å². The highest BCUT2D eigenvalue weighted by molar-refractivity contribution is 4.85. The summed E-state index contributed by atoms with van der Waals surface area (Å²) < 4.78 is 5.64. The van der Waals surface area contributed by atoms with Gasteiger partial charge in [0.05, 0.1) is 6.10 Å². The fraction of sp³-hybridized carbons (Fsp3) is 1.00. The predicted molar refractivity (Wildman–Crippen MR) is 78.0 cm³/mol. The molecule has 3 nitrogen and oxygen atoms in total. The maximum atomic E-state index is 5.64. The molecule has 1 aliphatic carbocycles. The van der Waals surface area contributed by atoms with E-state index in [1.807, 2.05) is 7.11 Å². The number of methoxy groups -OCH3 is 1. The van der Waals surface area contributed by atoms with Gasteiger partial charge in [-0.2, -0.15) is 0 Å². The lowest BCUT2D eigenvalue weighted by molar-refractivity contribution is 0.0353. The molecule has 0 spiro atoms. The van der Waals surface area contributed by atoms with Crippen LogP contribution in [-0.2, 0) is 4.74 Å². The van der Waals surface area contributed by atoms with E-state index in [1.165, 1.54) is 32.1 Å². The summed E-state index contributed by atoms with van der Waals surface area (Å²) >= 11 is 0. The molecule has 108 valence electrons. The summed E-state index contributed by atoms with van der Waals surface area (Å²) in [6, 6.07) is 1.13. The molecule has 0 saturated heterocycles. The summed E-state index contributed by atoms with van der Waals surface area (Å²) in [4.78, 5) is 2.28. The van der Waals surface area contributed by atoms with Crippen molar-refractivity contribution >= 4 is 0 Å². The minimum atomic E-state index is 0.413. The monoisotopic (exact) mass is 256 g/mol. The van der Waals surface area contributed by atoms with Crippen LogP contribution in [0.25, 0.3) is 0 Å². The summed E-state index contributed by atoms with van der Waals surface area (Å²) in [5.74, 6) is 0.743. The number of rotatable bonds is 7. The minimum Gasteiger partial charge on any atom is -0.380 e. The number of hydrogen-bond acceptors (Lipinski definition) is 3. The molecule has 0 radical (unpaired) electrons. The van der Waals surface area contributed by atoms with Crippen LogP contribution in [0.3, 0.4) is 0 Å². The van der Waals surface area contributed by atoms with E-state index in [2.05, 4.69) is 38.2 Å². The number of likely N-dealkylation sites (N-methyl/N-ethyl adjacent to an activating group) is 1. The average molecular weight is 256 g/mol. The predicted octanol–water partition coefficient (Wildman–Crippen LogP) is 2.51. The van der Waals surface area contributed by atoms with Crippen LogP contribution in [0.4, 0.5) is 0 Å². The lowest BCUT2D eigenvalue weighted by atomic mass is 9.91. The van der Waals surface area contributed by atoms with Gasteiger partial charge in [0.15, 0.2) is 0 Å². The Labute approximate surface area is 113 Å². The molecule has 3 atom stereocenters. The van der Waals surface area contributed by atoms with E-state index in [-0.39, 0.29) is 0 Å². The zero-order valence-corrected chi connectivity index (χ0v) is 12.9. The normalized spacial score (nSPS) is 26.8. The van der Waals surface area contributed by atoms with Crippen LogP contribution >= 0.6 is 0 Å². The quantitative estimate of drug-likeness (QED) is 0.757. The number of nitrogens with one attached hydrogen (secondary N) is 1. The highest BCUT2D eigenvalue weighted by atomic mass is 16.5.